The van der Waals surface area contributed by atoms with Gasteiger partial charge in [0.25, 0.3) is 0 Å². The number of nitrogens with one attached hydrogen (secondary N) is 1. The Morgan fingerprint density at radius 3 is 2.64 bits per heavy atom. The number of urea groups is 1. The molecule has 0 aliphatic carbocycles. The summed E-state index contributed by atoms with van der Waals surface area (Å²) in [5, 5.41) is 20.8. The van der Waals surface area contributed by atoms with Gasteiger partial charge in [-0.1, -0.05) is 36.4 Å². The Bertz CT molecular complexity index is 665. The lowest BCUT2D eigenvalue weighted by atomic mass is 10.2. The molecule has 0 heterocycles. The van der Waals surface area contributed by atoms with E-state index < -0.39 is 0 Å². The average molecular weight is 295 g/mol. The summed E-state index contributed by atoms with van der Waals surface area (Å²) in [6.07, 6.45) is 0. The molecule has 22 heavy (non-hydrogen) atoms. The van der Waals surface area contributed by atoms with Gasteiger partial charge in [-0.25, -0.2) is 4.79 Å². The van der Waals surface area contributed by atoms with Crippen LogP contribution in [-0.4, -0.2) is 29.2 Å². The Kier molecular flexibility index (Phi) is 5.52. The Morgan fingerprint density at radius 1 is 1.18 bits per heavy atom. The van der Waals surface area contributed by atoms with Crippen LogP contribution in [0.1, 0.15) is 11.1 Å². The third kappa shape index (κ3) is 4.33. The standard InChI is InChI=1S/C17H17N3O2/c18-12-15-7-4-8-16(11-15)19-17(22)20(9-10-21)13-14-5-2-1-3-6-14/h1-8,11,21H,9-10,13H2,(H,19,22). The monoisotopic (exact) mass is 295 g/mol. The first-order valence-electron chi connectivity index (χ1n) is 6.94. The van der Waals surface area contributed by atoms with Crippen LogP contribution in [0.25, 0.3) is 0 Å². The average Bonchev–Trinajstić information content (AvgIpc) is 2.55. The highest BCUT2D eigenvalue weighted by molar-refractivity contribution is 5.89. The Labute approximate surface area is 129 Å². The van der Waals surface area contributed by atoms with E-state index >= 15 is 0 Å². The molecule has 5 nitrogen and oxygen atoms in total. The van der Waals surface area contributed by atoms with Crippen LogP contribution >= 0.6 is 0 Å². The third-order valence-corrected chi connectivity index (χ3v) is 3.12. The van der Waals surface area contributed by atoms with Crippen LogP contribution in [0.4, 0.5) is 10.5 Å². The van der Waals surface area contributed by atoms with Gasteiger partial charge in [0.15, 0.2) is 0 Å². The van der Waals surface area contributed by atoms with E-state index in [0.29, 0.717) is 17.8 Å². The number of nitriles is 1. The number of benzene rings is 2. The number of aliphatic hydroxyl groups excluding tert-OH is 1. The second-order valence-electron chi connectivity index (χ2n) is 4.75. The Hall–Kier alpha value is -2.84. The molecule has 0 unspecified atom stereocenters. The largest absolute Gasteiger partial charge is 0.395 e. The summed E-state index contributed by atoms with van der Waals surface area (Å²) in [6, 6.07) is 18.0. The maximum Gasteiger partial charge on any atom is 0.322 e. The summed E-state index contributed by atoms with van der Waals surface area (Å²) in [5.74, 6) is 0. The summed E-state index contributed by atoms with van der Waals surface area (Å²) in [4.78, 5) is 13.8. The van der Waals surface area contributed by atoms with Crippen LogP contribution in [0.3, 0.4) is 0 Å². The molecule has 0 radical (unpaired) electrons. The van der Waals surface area contributed by atoms with Crippen LogP contribution in [-0.2, 0) is 6.54 Å². The molecule has 0 atom stereocenters. The van der Waals surface area contributed by atoms with Gasteiger partial charge >= 0.3 is 6.03 Å². The maximum absolute atomic E-state index is 12.3. The fourth-order valence-corrected chi connectivity index (χ4v) is 2.05. The molecule has 0 fully saturated rings. The lowest BCUT2D eigenvalue weighted by Crippen LogP contribution is -2.36. The number of amides is 2. The fourth-order valence-electron chi connectivity index (χ4n) is 2.05. The zero-order valence-corrected chi connectivity index (χ0v) is 12.1. The van der Waals surface area contributed by atoms with Crippen LogP contribution < -0.4 is 5.32 Å². The molecular weight excluding hydrogens is 278 g/mol. The minimum absolute atomic E-state index is 0.113. The molecule has 0 aromatic heterocycles. The second kappa shape index (κ2) is 7.81. The van der Waals surface area contributed by atoms with Crippen molar-refractivity contribution in [3.05, 3.63) is 65.7 Å². The number of rotatable bonds is 5. The third-order valence-electron chi connectivity index (χ3n) is 3.12. The van der Waals surface area contributed by atoms with Crippen LogP contribution in [0.5, 0.6) is 0 Å². The van der Waals surface area contributed by atoms with Crippen molar-refractivity contribution < 1.29 is 9.90 Å². The molecule has 2 rings (SSSR count). The molecule has 0 spiro atoms. The minimum atomic E-state index is -0.312. The van der Waals surface area contributed by atoms with Crippen LogP contribution in [0, 0.1) is 11.3 Å². The van der Waals surface area contributed by atoms with Crippen molar-refractivity contribution in [2.45, 2.75) is 6.54 Å². The number of anilines is 1. The predicted molar refractivity (Wildman–Crippen MR) is 84.1 cm³/mol. The molecule has 2 aromatic rings. The van der Waals surface area contributed by atoms with E-state index in [0.717, 1.165) is 5.56 Å². The smallest absolute Gasteiger partial charge is 0.322 e. The number of carbonyl (C=O) groups is 1. The van der Waals surface area contributed by atoms with E-state index in [2.05, 4.69) is 5.32 Å². The number of aliphatic hydroxyl groups is 1. The first-order valence-corrected chi connectivity index (χ1v) is 6.94. The molecule has 2 N–H and O–H groups in total. The van der Waals surface area contributed by atoms with Gasteiger partial charge in [-0.15, -0.1) is 0 Å². The quantitative estimate of drug-likeness (QED) is 0.890. The number of carbonyl (C=O) groups excluding carboxylic acids is 1. The molecule has 0 aliphatic heterocycles. The van der Waals surface area contributed by atoms with Gasteiger partial charge in [0.1, 0.15) is 0 Å². The van der Waals surface area contributed by atoms with Crippen LogP contribution in [0.15, 0.2) is 54.6 Å². The molecule has 5 heteroatoms. The van der Waals surface area contributed by atoms with Gasteiger partial charge < -0.3 is 15.3 Å². The highest BCUT2D eigenvalue weighted by Crippen LogP contribution is 2.12. The molecule has 112 valence electrons. The van der Waals surface area contributed by atoms with Crippen molar-refractivity contribution in [1.82, 2.24) is 4.90 Å². The second-order valence-corrected chi connectivity index (χ2v) is 4.75. The van der Waals surface area contributed by atoms with Crippen molar-refractivity contribution >= 4 is 11.7 Å². The van der Waals surface area contributed by atoms with Crippen molar-refractivity contribution in [1.29, 1.82) is 5.26 Å². The molecule has 0 aliphatic rings. The van der Waals surface area contributed by atoms with Crippen molar-refractivity contribution in [2.24, 2.45) is 0 Å². The van der Waals surface area contributed by atoms with E-state index in [1.807, 2.05) is 36.4 Å². The molecular formula is C17H17N3O2. The number of nitrogens with zero attached hydrogens (tertiary/aromatic N) is 2. The lowest BCUT2D eigenvalue weighted by molar-refractivity contribution is 0.185. The van der Waals surface area contributed by atoms with Gasteiger partial charge in [-0.3, -0.25) is 0 Å². The van der Waals surface area contributed by atoms with Gasteiger partial charge in [-0.05, 0) is 23.8 Å². The summed E-state index contributed by atoms with van der Waals surface area (Å²) in [6.45, 7) is 0.530. The Balaban J connectivity index is 2.07. The van der Waals surface area contributed by atoms with Gasteiger partial charge in [-0.2, -0.15) is 5.26 Å². The predicted octanol–water partition coefficient (Wildman–Crippen LogP) is 2.58. The molecule has 2 aromatic carbocycles. The van der Waals surface area contributed by atoms with Crippen molar-refractivity contribution in [2.75, 3.05) is 18.5 Å². The maximum atomic E-state index is 12.3. The van der Waals surface area contributed by atoms with Crippen molar-refractivity contribution in [3.63, 3.8) is 0 Å². The summed E-state index contributed by atoms with van der Waals surface area (Å²) < 4.78 is 0. The normalized spacial score (nSPS) is 9.82. The van der Waals surface area contributed by atoms with E-state index in [1.54, 1.807) is 24.3 Å². The fraction of sp³-hybridized carbons (Fsp3) is 0.176. The topological polar surface area (TPSA) is 76.4 Å². The first kappa shape index (κ1) is 15.5. The van der Waals surface area contributed by atoms with Crippen LogP contribution in [0.2, 0.25) is 0 Å². The zero-order valence-electron chi connectivity index (χ0n) is 12.1. The molecule has 0 saturated heterocycles. The number of hydrogen-bond acceptors (Lipinski definition) is 3. The summed E-state index contributed by atoms with van der Waals surface area (Å²) in [5.41, 5.74) is 2.02. The SMILES string of the molecule is N#Cc1cccc(NC(=O)N(CCO)Cc2ccccc2)c1. The first-order chi connectivity index (χ1) is 10.7. The summed E-state index contributed by atoms with van der Waals surface area (Å²) >= 11 is 0. The van der Waals surface area contributed by atoms with E-state index in [1.165, 1.54) is 4.90 Å². The van der Waals surface area contributed by atoms with E-state index in [4.69, 9.17) is 10.4 Å². The lowest BCUT2D eigenvalue weighted by Gasteiger charge is -2.22. The molecule has 0 saturated carbocycles. The minimum Gasteiger partial charge on any atom is -0.395 e. The Morgan fingerprint density at radius 2 is 1.95 bits per heavy atom. The molecule has 2 amide bonds. The van der Waals surface area contributed by atoms with Crippen molar-refractivity contribution in [3.8, 4) is 6.07 Å². The highest BCUT2D eigenvalue weighted by atomic mass is 16.3. The zero-order chi connectivity index (χ0) is 15.8. The van der Waals surface area contributed by atoms with Gasteiger partial charge in [0.2, 0.25) is 0 Å². The van der Waals surface area contributed by atoms with Gasteiger partial charge in [0, 0.05) is 18.8 Å². The van der Waals surface area contributed by atoms with E-state index in [-0.39, 0.29) is 19.2 Å². The highest BCUT2D eigenvalue weighted by Gasteiger charge is 2.13. The van der Waals surface area contributed by atoms with E-state index in [9.17, 15) is 4.79 Å². The molecule has 0 bridgehead atoms. The number of hydrogen-bond donors (Lipinski definition) is 2. The van der Waals surface area contributed by atoms with Gasteiger partial charge in [0.05, 0.1) is 18.2 Å². The summed E-state index contributed by atoms with van der Waals surface area (Å²) in [7, 11) is 0.